The Morgan fingerprint density at radius 2 is 0.681 bits per heavy atom. The van der Waals surface area contributed by atoms with Gasteiger partial charge in [0, 0.05) is 106 Å². The zero-order chi connectivity index (χ0) is 48.6. The minimum absolute atomic E-state index is 0.0123. The summed E-state index contributed by atoms with van der Waals surface area (Å²) in [4.78, 5) is 96.7. The number of carboxylic acids is 1. The van der Waals surface area contributed by atoms with Gasteiger partial charge in [0.15, 0.2) is 0 Å². The number of nitrogens with two attached hydrogens (primary N) is 1. The summed E-state index contributed by atoms with van der Waals surface area (Å²) in [6, 6.07) is 22.2. The third kappa shape index (κ3) is 11.1. The quantitative estimate of drug-likeness (QED) is 0.0472. The average Bonchev–Trinajstić information content (AvgIpc) is 4.17. The van der Waals surface area contributed by atoms with Gasteiger partial charge < -0.3 is 57.4 Å². The second-order valence-electron chi connectivity index (χ2n) is 16.9. The van der Waals surface area contributed by atoms with Crippen LogP contribution in [-0.2, 0) is 54.5 Å². The van der Waals surface area contributed by atoms with E-state index in [0.29, 0.717) is 16.7 Å². The fourth-order valence-electron chi connectivity index (χ4n) is 8.56. The molecule has 0 unspecified atom stereocenters. The molecule has 356 valence electrons. The van der Waals surface area contributed by atoms with Crippen molar-refractivity contribution in [2.45, 2.75) is 61.9 Å². The molecule has 4 aromatic carbocycles. The van der Waals surface area contributed by atoms with Gasteiger partial charge in [0.05, 0.1) is 6.04 Å². The molecule has 19 heteroatoms. The van der Waals surface area contributed by atoms with Crippen molar-refractivity contribution in [1.82, 2.24) is 46.5 Å². The summed E-state index contributed by atoms with van der Waals surface area (Å²) >= 11 is 8.31. The molecular weight excluding hydrogens is 917 g/mol. The van der Waals surface area contributed by atoms with Crippen LogP contribution in [0.3, 0.4) is 0 Å². The maximum atomic E-state index is 15.0. The van der Waals surface area contributed by atoms with E-state index in [1.165, 1.54) is 0 Å². The van der Waals surface area contributed by atoms with Crippen LogP contribution in [0.2, 0.25) is 0 Å². The molecule has 0 radical (unpaired) electrons. The number of H-pyrrole nitrogens is 4. The molecule has 0 aliphatic heterocycles. The highest BCUT2D eigenvalue weighted by atomic mass is 32.1. The summed E-state index contributed by atoms with van der Waals surface area (Å²) in [7, 11) is 0. The Hall–Kier alpha value is -7.48. The number of nitrogens with one attached hydrogen (secondary N) is 9. The predicted molar refractivity (Wildman–Crippen MR) is 271 cm³/mol. The Morgan fingerprint density at radius 3 is 0.942 bits per heavy atom. The van der Waals surface area contributed by atoms with Crippen LogP contribution >= 0.6 is 25.3 Å². The van der Waals surface area contributed by atoms with E-state index in [4.69, 9.17) is 5.73 Å². The maximum Gasteiger partial charge on any atom is 0.327 e. The Bertz CT molecular complexity index is 3160. The number of carbonyl (C=O) groups excluding carboxylic acids is 5. The lowest BCUT2D eigenvalue weighted by molar-refractivity contribution is -0.141. The Labute approximate surface area is 406 Å². The number of hydrogen-bond acceptors (Lipinski definition) is 9. The first-order valence-corrected chi connectivity index (χ1v) is 23.6. The molecule has 0 aliphatic carbocycles. The molecule has 4 heterocycles. The first-order chi connectivity index (χ1) is 33.4. The summed E-state index contributed by atoms with van der Waals surface area (Å²) in [5, 5.41) is 26.9. The number of aromatic amines is 4. The fourth-order valence-corrected chi connectivity index (χ4v) is 8.97. The first kappa shape index (κ1) is 48.0. The lowest BCUT2D eigenvalue weighted by Crippen LogP contribution is -2.60. The number of amides is 5. The molecule has 6 atom stereocenters. The number of aliphatic carboxylic acids is 1. The third-order valence-corrected chi connectivity index (χ3v) is 13.0. The van der Waals surface area contributed by atoms with Crippen molar-refractivity contribution >= 4 is 104 Å². The van der Waals surface area contributed by atoms with Gasteiger partial charge in [-0.1, -0.05) is 72.8 Å². The highest BCUT2D eigenvalue weighted by molar-refractivity contribution is 7.80. The van der Waals surface area contributed by atoms with E-state index >= 15 is 4.79 Å². The molecular formula is C50H52N10O7S2. The number of benzene rings is 4. The number of rotatable bonds is 21. The minimum Gasteiger partial charge on any atom is -0.480 e. The molecule has 0 spiro atoms. The molecule has 8 aromatic rings. The van der Waals surface area contributed by atoms with Gasteiger partial charge in [-0.2, -0.15) is 25.3 Å². The lowest BCUT2D eigenvalue weighted by Gasteiger charge is -2.27. The SMILES string of the molecule is N[C@@H](CS)C(=O)N[C@@H](Cc1c[nH]c2ccccc12)C(=O)N[C@@H](Cc1c[nH]c2ccccc12)C(=O)N[C@@H](Cc1c[nH]c2ccccc12)C(=O)N[C@@H](Cc1c[nH]c2ccccc12)C(=O)N[C@@H](CS)C(=O)O. The Morgan fingerprint density at radius 1 is 0.420 bits per heavy atom. The summed E-state index contributed by atoms with van der Waals surface area (Å²) < 4.78 is 0. The minimum atomic E-state index is -1.36. The van der Waals surface area contributed by atoms with E-state index in [-0.39, 0.29) is 37.2 Å². The summed E-state index contributed by atoms with van der Waals surface area (Å²) in [5.41, 5.74) is 12.0. The standard InChI is InChI=1S/C50H52N10O7S2/c51-35(25-68)45(61)56-40(17-27-21-52-36-13-5-1-9-31(27)36)46(62)57-41(18-28-22-53-37-14-6-2-10-32(28)37)47(63)58-42(19-29-23-54-38-15-7-3-11-33(29)38)48(64)59-43(49(65)60-44(26-69)50(66)67)20-30-24-55-39-16-8-4-12-34(30)39/h1-16,21-24,35,40-44,52-55,68-69H,17-20,25-26,51H2,(H,56,61)(H,57,62)(H,58,63)(H,59,64)(H,60,65)(H,66,67)/t35-,40-,41-,42-,43-,44-/m0/s1. The van der Waals surface area contributed by atoms with Crippen molar-refractivity contribution in [2.24, 2.45) is 5.73 Å². The van der Waals surface area contributed by atoms with E-state index in [1.54, 1.807) is 24.8 Å². The van der Waals surface area contributed by atoms with Crippen molar-refractivity contribution in [3.05, 3.63) is 144 Å². The molecule has 17 nitrogen and oxygen atoms in total. The maximum absolute atomic E-state index is 15.0. The van der Waals surface area contributed by atoms with Gasteiger partial charge in [-0.25, -0.2) is 4.79 Å². The summed E-state index contributed by atoms with van der Waals surface area (Å²) in [5.74, 6) is -5.10. The van der Waals surface area contributed by atoms with Gasteiger partial charge in [0.2, 0.25) is 29.5 Å². The number of fused-ring (bicyclic) bond motifs is 4. The molecule has 0 fully saturated rings. The lowest BCUT2D eigenvalue weighted by atomic mass is 9.99. The van der Waals surface area contributed by atoms with E-state index in [1.807, 2.05) is 97.1 Å². The fraction of sp³-hybridized carbons (Fsp3) is 0.240. The second-order valence-corrected chi connectivity index (χ2v) is 17.6. The van der Waals surface area contributed by atoms with Crippen molar-refractivity contribution in [3.8, 4) is 0 Å². The van der Waals surface area contributed by atoms with Crippen molar-refractivity contribution in [3.63, 3.8) is 0 Å². The van der Waals surface area contributed by atoms with Crippen LogP contribution in [0.1, 0.15) is 22.3 Å². The van der Waals surface area contributed by atoms with Crippen LogP contribution in [-0.4, -0.2) is 108 Å². The molecule has 0 saturated carbocycles. The molecule has 12 N–H and O–H groups in total. The second kappa shape index (κ2) is 21.6. The van der Waals surface area contributed by atoms with Gasteiger partial charge in [-0.3, -0.25) is 24.0 Å². The van der Waals surface area contributed by atoms with Crippen LogP contribution in [0, 0.1) is 0 Å². The summed E-state index contributed by atoms with van der Waals surface area (Å²) in [6.07, 6.45) is 6.83. The van der Waals surface area contributed by atoms with E-state index in [9.17, 15) is 29.1 Å². The van der Waals surface area contributed by atoms with Gasteiger partial charge in [0.25, 0.3) is 0 Å². The Balaban J connectivity index is 1.13. The van der Waals surface area contributed by atoms with E-state index in [2.05, 4.69) is 71.8 Å². The molecule has 4 aromatic heterocycles. The highest BCUT2D eigenvalue weighted by Crippen LogP contribution is 2.24. The van der Waals surface area contributed by atoms with Gasteiger partial charge in [0.1, 0.15) is 30.2 Å². The summed E-state index contributed by atoms with van der Waals surface area (Å²) in [6.45, 7) is 0. The zero-order valence-electron chi connectivity index (χ0n) is 37.1. The predicted octanol–water partition coefficient (Wildman–Crippen LogP) is 3.58. The van der Waals surface area contributed by atoms with Crippen molar-refractivity contribution in [1.29, 1.82) is 0 Å². The van der Waals surface area contributed by atoms with Gasteiger partial charge in [-0.05, 0) is 46.5 Å². The Kier molecular flexibility index (Phi) is 15.1. The zero-order valence-corrected chi connectivity index (χ0v) is 38.9. The largest absolute Gasteiger partial charge is 0.480 e. The number of carbonyl (C=O) groups is 6. The normalized spacial score (nSPS) is 14.1. The first-order valence-electron chi connectivity index (χ1n) is 22.3. The molecule has 69 heavy (non-hydrogen) atoms. The van der Waals surface area contributed by atoms with Crippen LogP contribution < -0.4 is 32.3 Å². The van der Waals surface area contributed by atoms with Crippen LogP contribution in [0.15, 0.2) is 122 Å². The molecule has 0 bridgehead atoms. The van der Waals surface area contributed by atoms with Crippen LogP contribution in [0.4, 0.5) is 0 Å². The van der Waals surface area contributed by atoms with E-state index in [0.717, 1.165) is 49.2 Å². The molecule has 8 rings (SSSR count). The molecule has 0 aliphatic rings. The number of thiol groups is 2. The number of para-hydroxylation sites is 4. The van der Waals surface area contributed by atoms with E-state index < -0.39 is 71.8 Å². The van der Waals surface area contributed by atoms with Crippen molar-refractivity contribution < 1.29 is 33.9 Å². The highest BCUT2D eigenvalue weighted by Gasteiger charge is 2.34. The third-order valence-electron chi connectivity index (χ3n) is 12.3. The van der Waals surface area contributed by atoms with Crippen LogP contribution in [0.5, 0.6) is 0 Å². The molecule has 5 amide bonds. The number of hydrogen-bond donors (Lipinski definition) is 13. The molecule has 0 saturated heterocycles. The number of aromatic nitrogens is 4. The van der Waals surface area contributed by atoms with Gasteiger partial charge in [-0.15, -0.1) is 0 Å². The van der Waals surface area contributed by atoms with Crippen LogP contribution in [0.25, 0.3) is 43.6 Å². The smallest absolute Gasteiger partial charge is 0.327 e. The van der Waals surface area contributed by atoms with Gasteiger partial charge >= 0.3 is 5.97 Å². The van der Waals surface area contributed by atoms with Crippen molar-refractivity contribution in [2.75, 3.05) is 11.5 Å². The topological polar surface area (TPSA) is 272 Å². The monoisotopic (exact) mass is 968 g/mol. The number of carboxylic acid groups (broad SMARTS) is 1. The average molecular weight is 969 g/mol.